The summed E-state index contributed by atoms with van der Waals surface area (Å²) in [6, 6.07) is 1.85. The second kappa shape index (κ2) is 6.01. The maximum absolute atomic E-state index is 12.4. The van der Waals surface area contributed by atoms with Crippen molar-refractivity contribution in [3.8, 4) is 0 Å². The third-order valence-electron chi connectivity index (χ3n) is 3.69. The van der Waals surface area contributed by atoms with Gasteiger partial charge in [-0.05, 0) is 25.0 Å². The molecule has 0 saturated heterocycles. The molecule has 7 heteroatoms. The number of nitrogens with zero attached hydrogens (tertiary/aromatic N) is 1. The van der Waals surface area contributed by atoms with Crippen molar-refractivity contribution in [2.45, 2.75) is 43.9 Å². The molecule has 0 atom stereocenters. The van der Waals surface area contributed by atoms with Crippen LogP contribution in [0.15, 0.2) is 18.3 Å². The number of alkyl halides is 3. The fraction of sp³-hybridized carbons (Fsp3) is 0.571. The number of amides is 1. The van der Waals surface area contributed by atoms with Gasteiger partial charge in [0.15, 0.2) is 0 Å². The molecule has 1 heterocycles. The fourth-order valence-electron chi connectivity index (χ4n) is 2.42. The maximum Gasteiger partial charge on any atom is 0.417 e. The van der Waals surface area contributed by atoms with Crippen LogP contribution in [0.25, 0.3) is 0 Å². The summed E-state index contributed by atoms with van der Waals surface area (Å²) in [6.45, 7) is 0.0918. The van der Waals surface area contributed by atoms with Crippen LogP contribution in [0.5, 0.6) is 0 Å². The van der Waals surface area contributed by atoms with Crippen LogP contribution < -0.4 is 5.32 Å². The molecule has 4 nitrogen and oxygen atoms in total. The van der Waals surface area contributed by atoms with Crippen LogP contribution in [0.2, 0.25) is 0 Å². The second-order valence-corrected chi connectivity index (χ2v) is 5.40. The van der Waals surface area contributed by atoms with E-state index in [-0.39, 0.29) is 12.2 Å². The molecule has 0 aromatic carbocycles. The number of carbonyl (C=O) groups excluding carboxylic acids is 1. The first-order valence-electron chi connectivity index (χ1n) is 6.84. The van der Waals surface area contributed by atoms with E-state index in [0.29, 0.717) is 19.0 Å². The lowest BCUT2D eigenvalue weighted by Crippen LogP contribution is -2.44. The van der Waals surface area contributed by atoms with Gasteiger partial charge in [0.05, 0.1) is 11.2 Å². The molecule has 1 saturated carbocycles. The molecule has 1 aromatic rings. The summed E-state index contributed by atoms with van der Waals surface area (Å²) in [5.74, 6) is -0.581. The predicted molar refractivity (Wildman–Crippen MR) is 69.6 cm³/mol. The summed E-state index contributed by atoms with van der Waals surface area (Å²) >= 11 is 0. The van der Waals surface area contributed by atoms with Crippen molar-refractivity contribution >= 4 is 5.91 Å². The number of carbonyl (C=O) groups is 1. The number of nitrogens with one attached hydrogen (secondary N) is 1. The van der Waals surface area contributed by atoms with Crippen molar-refractivity contribution in [1.82, 2.24) is 10.3 Å². The van der Waals surface area contributed by atoms with E-state index in [9.17, 15) is 23.1 Å². The lowest BCUT2D eigenvalue weighted by Gasteiger charge is -2.32. The van der Waals surface area contributed by atoms with E-state index < -0.39 is 23.2 Å². The highest BCUT2D eigenvalue weighted by Gasteiger charge is 2.32. The number of aliphatic hydroxyl groups is 1. The number of hydrogen-bond acceptors (Lipinski definition) is 3. The Kier molecular flexibility index (Phi) is 4.51. The van der Waals surface area contributed by atoms with Gasteiger partial charge in [0.2, 0.25) is 0 Å². The molecule has 1 aliphatic carbocycles. The van der Waals surface area contributed by atoms with E-state index in [0.717, 1.165) is 31.4 Å². The number of rotatable bonds is 3. The summed E-state index contributed by atoms with van der Waals surface area (Å²) in [7, 11) is 0. The highest BCUT2D eigenvalue weighted by Crippen LogP contribution is 2.29. The van der Waals surface area contributed by atoms with Crippen LogP contribution in [-0.2, 0) is 6.18 Å². The van der Waals surface area contributed by atoms with Gasteiger partial charge in [0.1, 0.15) is 5.69 Å². The van der Waals surface area contributed by atoms with E-state index in [1.807, 2.05) is 0 Å². The molecule has 0 bridgehead atoms. The molecule has 1 aromatic heterocycles. The molecule has 2 N–H and O–H groups in total. The largest absolute Gasteiger partial charge is 0.417 e. The quantitative estimate of drug-likeness (QED) is 0.902. The SMILES string of the molecule is O=C(NCC1(O)CCCCC1)c1ccc(C(F)(F)F)cn1. The molecule has 2 rings (SSSR count). The van der Waals surface area contributed by atoms with Crippen molar-refractivity contribution in [3.05, 3.63) is 29.6 Å². The zero-order valence-electron chi connectivity index (χ0n) is 11.4. The zero-order valence-corrected chi connectivity index (χ0v) is 11.4. The average Bonchev–Trinajstić information content (AvgIpc) is 2.45. The third-order valence-corrected chi connectivity index (χ3v) is 3.69. The van der Waals surface area contributed by atoms with Gasteiger partial charge in [-0.25, -0.2) is 0 Å². The lowest BCUT2D eigenvalue weighted by atomic mass is 9.85. The van der Waals surface area contributed by atoms with Gasteiger partial charge < -0.3 is 10.4 Å². The van der Waals surface area contributed by atoms with E-state index in [2.05, 4.69) is 10.3 Å². The summed E-state index contributed by atoms with van der Waals surface area (Å²) in [5.41, 5.74) is -1.91. The van der Waals surface area contributed by atoms with Crippen molar-refractivity contribution in [2.24, 2.45) is 0 Å². The van der Waals surface area contributed by atoms with Crippen LogP contribution in [0.4, 0.5) is 13.2 Å². The molecular weight excluding hydrogens is 285 g/mol. The van der Waals surface area contributed by atoms with Crippen LogP contribution in [0.3, 0.4) is 0 Å². The first kappa shape index (κ1) is 15.8. The molecule has 0 unspecified atom stereocenters. The number of pyridine rings is 1. The maximum atomic E-state index is 12.4. The second-order valence-electron chi connectivity index (χ2n) is 5.40. The highest BCUT2D eigenvalue weighted by molar-refractivity contribution is 5.92. The highest BCUT2D eigenvalue weighted by atomic mass is 19.4. The minimum absolute atomic E-state index is 0.0918. The fourth-order valence-corrected chi connectivity index (χ4v) is 2.42. The Labute approximate surface area is 120 Å². The minimum atomic E-state index is -4.47. The Hall–Kier alpha value is -1.63. The predicted octanol–water partition coefficient (Wildman–Crippen LogP) is 2.53. The van der Waals surface area contributed by atoms with Crippen LogP contribution in [0, 0.1) is 0 Å². The summed E-state index contributed by atoms with van der Waals surface area (Å²) in [4.78, 5) is 15.3. The molecule has 1 aliphatic rings. The van der Waals surface area contributed by atoms with Crippen molar-refractivity contribution in [2.75, 3.05) is 6.54 Å². The van der Waals surface area contributed by atoms with Crippen molar-refractivity contribution in [1.29, 1.82) is 0 Å². The Balaban J connectivity index is 1.94. The summed E-state index contributed by atoms with van der Waals surface area (Å²) < 4.78 is 37.2. The number of hydrogen-bond donors (Lipinski definition) is 2. The van der Waals surface area contributed by atoms with E-state index in [1.165, 1.54) is 0 Å². The van der Waals surface area contributed by atoms with Gasteiger partial charge in [-0.3, -0.25) is 9.78 Å². The van der Waals surface area contributed by atoms with Gasteiger partial charge in [0, 0.05) is 12.7 Å². The number of halogens is 3. The topological polar surface area (TPSA) is 62.2 Å². The Bertz CT molecular complexity index is 494. The van der Waals surface area contributed by atoms with Crippen LogP contribution in [-0.4, -0.2) is 28.1 Å². The molecule has 0 aliphatic heterocycles. The Morgan fingerprint density at radius 3 is 2.48 bits per heavy atom. The first-order chi connectivity index (χ1) is 9.80. The van der Waals surface area contributed by atoms with Gasteiger partial charge in [0.25, 0.3) is 5.91 Å². The molecular formula is C14H17F3N2O2. The Morgan fingerprint density at radius 1 is 1.29 bits per heavy atom. The van der Waals surface area contributed by atoms with Crippen LogP contribution in [0.1, 0.15) is 48.2 Å². The molecule has 1 amide bonds. The Morgan fingerprint density at radius 2 is 1.95 bits per heavy atom. The molecule has 0 spiro atoms. The third kappa shape index (κ3) is 4.17. The molecule has 1 fully saturated rings. The van der Waals surface area contributed by atoms with Crippen molar-refractivity contribution < 1.29 is 23.1 Å². The van der Waals surface area contributed by atoms with E-state index in [4.69, 9.17) is 0 Å². The number of aromatic nitrogens is 1. The standard InChI is InChI=1S/C14H17F3N2O2/c15-14(16,17)10-4-5-11(18-8-10)12(20)19-9-13(21)6-2-1-3-7-13/h4-5,8,21H,1-3,6-7,9H2,(H,19,20). The minimum Gasteiger partial charge on any atom is -0.388 e. The van der Waals surface area contributed by atoms with Gasteiger partial charge in [-0.2, -0.15) is 13.2 Å². The summed E-state index contributed by atoms with van der Waals surface area (Å²) in [6.07, 6.45) is 0.275. The normalized spacial score (nSPS) is 18.3. The smallest absolute Gasteiger partial charge is 0.388 e. The van der Waals surface area contributed by atoms with Gasteiger partial charge >= 0.3 is 6.18 Å². The monoisotopic (exact) mass is 302 g/mol. The summed E-state index contributed by atoms with van der Waals surface area (Å²) in [5, 5.41) is 12.8. The lowest BCUT2D eigenvalue weighted by molar-refractivity contribution is -0.137. The molecule has 21 heavy (non-hydrogen) atoms. The van der Waals surface area contributed by atoms with Gasteiger partial charge in [-0.15, -0.1) is 0 Å². The first-order valence-corrected chi connectivity index (χ1v) is 6.84. The van der Waals surface area contributed by atoms with E-state index in [1.54, 1.807) is 0 Å². The van der Waals surface area contributed by atoms with E-state index >= 15 is 0 Å². The van der Waals surface area contributed by atoms with Gasteiger partial charge in [-0.1, -0.05) is 19.3 Å². The average molecular weight is 302 g/mol. The van der Waals surface area contributed by atoms with Crippen molar-refractivity contribution in [3.63, 3.8) is 0 Å². The van der Waals surface area contributed by atoms with Crippen LogP contribution >= 0.6 is 0 Å². The molecule has 116 valence electrons. The molecule has 0 radical (unpaired) electrons. The zero-order chi connectivity index (χ0) is 15.5.